The maximum Gasteiger partial charge on any atom is 0.262 e. The van der Waals surface area contributed by atoms with Gasteiger partial charge in [-0.05, 0) is 46.3 Å². The van der Waals surface area contributed by atoms with Crippen molar-refractivity contribution >= 4 is 54.0 Å². The van der Waals surface area contributed by atoms with Crippen molar-refractivity contribution in [3.63, 3.8) is 0 Å². The standard InChI is InChI=1S/C20H13BrN4O3S/c21-12-10-22-25(11-12)17-7-2-1-6-15(17)24-29(27,28)18-9-8-16-19-13(18)4-3-5-14(19)20(26)23-16/h1-11,24H,(H,23,26). The monoisotopic (exact) mass is 468 g/mol. The highest BCUT2D eigenvalue weighted by atomic mass is 79.9. The summed E-state index contributed by atoms with van der Waals surface area (Å²) in [6.45, 7) is 0. The van der Waals surface area contributed by atoms with Crippen LogP contribution in [0.1, 0.15) is 10.4 Å². The van der Waals surface area contributed by atoms with Crippen LogP contribution in [0.4, 0.5) is 11.4 Å². The number of amides is 1. The molecule has 0 saturated carbocycles. The Hall–Kier alpha value is -3.17. The molecule has 0 atom stereocenters. The summed E-state index contributed by atoms with van der Waals surface area (Å²) in [6, 6.07) is 15.2. The van der Waals surface area contributed by atoms with E-state index in [0.717, 1.165) is 4.47 Å². The number of anilines is 2. The molecule has 1 aliphatic heterocycles. The molecule has 0 saturated heterocycles. The zero-order chi connectivity index (χ0) is 20.2. The number of rotatable bonds is 4. The van der Waals surface area contributed by atoms with Gasteiger partial charge in [0, 0.05) is 28.2 Å². The Labute approximate surface area is 174 Å². The van der Waals surface area contributed by atoms with Crippen molar-refractivity contribution in [1.82, 2.24) is 9.78 Å². The van der Waals surface area contributed by atoms with Crippen molar-refractivity contribution in [3.8, 4) is 5.69 Å². The van der Waals surface area contributed by atoms with Gasteiger partial charge in [-0.25, -0.2) is 13.1 Å². The largest absolute Gasteiger partial charge is 0.321 e. The van der Waals surface area contributed by atoms with E-state index in [2.05, 4.69) is 31.1 Å². The Morgan fingerprint density at radius 3 is 2.66 bits per heavy atom. The molecule has 2 heterocycles. The molecule has 1 aromatic heterocycles. The van der Waals surface area contributed by atoms with E-state index in [1.165, 1.54) is 6.07 Å². The third-order valence-electron chi connectivity index (χ3n) is 4.73. The molecular formula is C20H13BrN4O3S. The number of hydrogen-bond acceptors (Lipinski definition) is 4. The molecule has 4 aromatic rings. The van der Waals surface area contributed by atoms with Gasteiger partial charge in [-0.1, -0.05) is 24.3 Å². The van der Waals surface area contributed by atoms with Gasteiger partial charge in [0.2, 0.25) is 0 Å². The lowest BCUT2D eigenvalue weighted by Crippen LogP contribution is -2.15. The van der Waals surface area contributed by atoms with E-state index in [9.17, 15) is 13.2 Å². The number of nitrogens with zero attached hydrogens (tertiary/aromatic N) is 2. The number of carbonyl (C=O) groups is 1. The summed E-state index contributed by atoms with van der Waals surface area (Å²) in [6.07, 6.45) is 3.36. The van der Waals surface area contributed by atoms with Crippen LogP contribution in [0.25, 0.3) is 16.5 Å². The molecule has 0 fully saturated rings. The summed E-state index contributed by atoms with van der Waals surface area (Å²) in [5, 5.41) is 8.10. The number of sulfonamides is 1. The van der Waals surface area contributed by atoms with Crippen LogP contribution in [0.3, 0.4) is 0 Å². The number of para-hydroxylation sites is 2. The Morgan fingerprint density at radius 2 is 1.86 bits per heavy atom. The van der Waals surface area contributed by atoms with E-state index in [1.54, 1.807) is 65.6 Å². The first-order valence-electron chi connectivity index (χ1n) is 8.63. The van der Waals surface area contributed by atoms with Crippen LogP contribution in [0.5, 0.6) is 0 Å². The molecule has 0 bridgehead atoms. The maximum atomic E-state index is 13.3. The van der Waals surface area contributed by atoms with Gasteiger partial charge in [0.15, 0.2) is 0 Å². The molecule has 0 spiro atoms. The van der Waals surface area contributed by atoms with Crippen molar-refractivity contribution < 1.29 is 13.2 Å². The van der Waals surface area contributed by atoms with Crippen LogP contribution in [0.2, 0.25) is 0 Å². The summed E-state index contributed by atoms with van der Waals surface area (Å²) in [7, 11) is -3.93. The molecule has 7 nitrogen and oxygen atoms in total. The van der Waals surface area contributed by atoms with Gasteiger partial charge in [-0.2, -0.15) is 5.10 Å². The quantitative estimate of drug-likeness (QED) is 0.470. The minimum absolute atomic E-state index is 0.103. The highest BCUT2D eigenvalue weighted by molar-refractivity contribution is 9.10. The second-order valence-corrected chi connectivity index (χ2v) is 9.09. The van der Waals surface area contributed by atoms with E-state index in [-0.39, 0.29) is 10.8 Å². The zero-order valence-corrected chi connectivity index (χ0v) is 17.2. The van der Waals surface area contributed by atoms with Crippen molar-refractivity contribution in [2.24, 2.45) is 0 Å². The van der Waals surface area contributed by atoms with Gasteiger partial charge in [-0.3, -0.25) is 9.52 Å². The summed E-state index contributed by atoms with van der Waals surface area (Å²) >= 11 is 3.35. The lowest BCUT2D eigenvalue weighted by Gasteiger charge is -2.14. The first-order valence-corrected chi connectivity index (χ1v) is 10.9. The Morgan fingerprint density at radius 1 is 1.03 bits per heavy atom. The number of nitrogens with one attached hydrogen (secondary N) is 2. The van der Waals surface area contributed by atoms with Crippen LogP contribution in [-0.4, -0.2) is 24.1 Å². The van der Waals surface area contributed by atoms with E-state index < -0.39 is 10.0 Å². The van der Waals surface area contributed by atoms with Crippen molar-refractivity contribution in [2.45, 2.75) is 4.90 Å². The average Bonchev–Trinajstić information content (AvgIpc) is 3.27. The Bertz CT molecular complexity index is 1410. The van der Waals surface area contributed by atoms with E-state index in [0.29, 0.717) is 33.4 Å². The third-order valence-corrected chi connectivity index (χ3v) is 6.56. The predicted molar refractivity (Wildman–Crippen MR) is 114 cm³/mol. The number of aromatic nitrogens is 2. The first kappa shape index (κ1) is 17.9. The number of halogens is 1. The smallest absolute Gasteiger partial charge is 0.262 e. The molecule has 9 heteroatoms. The summed E-state index contributed by atoms with van der Waals surface area (Å²) in [5.74, 6) is -0.234. The second-order valence-electron chi connectivity index (χ2n) is 6.52. The molecule has 1 amide bonds. The molecule has 1 aliphatic rings. The minimum atomic E-state index is -3.93. The minimum Gasteiger partial charge on any atom is -0.321 e. The van der Waals surface area contributed by atoms with E-state index in [1.807, 2.05) is 0 Å². The van der Waals surface area contributed by atoms with Crippen molar-refractivity contribution in [1.29, 1.82) is 0 Å². The normalized spacial score (nSPS) is 12.9. The second kappa shape index (κ2) is 6.43. The molecule has 0 radical (unpaired) electrons. The highest BCUT2D eigenvalue weighted by Gasteiger charge is 2.26. The SMILES string of the molecule is O=C1Nc2ccc(S(=O)(=O)Nc3ccccc3-n3cc(Br)cn3)c3cccc1c23. The zero-order valence-electron chi connectivity index (χ0n) is 14.8. The average molecular weight is 469 g/mol. The highest BCUT2D eigenvalue weighted by Crippen LogP contribution is 2.37. The summed E-state index contributed by atoms with van der Waals surface area (Å²) < 4.78 is 31.6. The summed E-state index contributed by atoms with van der Waals surface area (Å²) in [5.41, 5.74) is 2.06. The number of benzene rings is 3. The number of carbonyl (C=O) groups excluding carboxylic acids is 1. The third kappa shape index (κ3) is 2.90. The van der Waals surface area contributed by atoms with Gasteiger partial charge < -0.3 is 5.32 Å². The molecule has 2 N–H and O–H groups in total. The molecule has 29 heavy (non-hydrogen) atoms. The van der Waals surface area contributed by atoms with Crippen LogP contribution >= 0.6 is 15.9 Å². The topological polar surface area (TPSA) is 93.1 Å². The van der Waals surface area contributed by atoms with Crippen LogP contribution in [0, 0.1) is 0 Å². The molecule has 0 unspecified atom stereocenters. The van der Waals surface area contributed by atoms with Crippen molar-refractivity contribution in [3.05, 3.63) is 77.0 Å². The summed E-state index contributed by atoms with van der Waals surface area (Å²) in [4.78, 5) is 12.2. The fourth-order valence-corrected chi connectivity index (χ4v) is 5.05. The van der Waals surface area contributed by atoms with Gasteiger partial charge in [-0.15, -0.1) is 0 Å². The van der Waals surface area contributed by atoms with Gasteiger partial charge in [0.1, 0.15) is 0 Å². The fraction of sp³-hybridized carbons (Fsp3) is 0. The van der Waals surface area contributed by atoms with Crippen molar-refractivity contribution in [2.75, 3.05) is 10.0 Å². The lowest BCUT2D eigenvalue weighted by atomic mass is 10.1. The molecule has 0 aliphatic carbocycles. The molecule has 144 valence electrons. The Kier molecular flexibility index (Phi) is 3.97. The number of hydrogen-bond donors (Lipinski definition) is 2. The lowest BCUT2D eigenvalue weighted by molar-refractivity contribution is 0.103. The molecule has 5 rings (SSSR count). The van der Waals surface area contributed by atoms with Gasteiger partial charge in [0.25, 0.3) is 15.9 Å². The van der Waals surface area contributed by atoms with Crippen LogP contribution < -0.4 is 10.0 Å². The van der Waals surface area contributed by atoms with E-state index >= 15 is 0 Å². The van der Waals surface area contributed by atoms with Crippen LogP contribution in [-0.2, 0) is 10.0 Å². The predicted octanol–water partition coefficient (Wildman–Crippen LogP) is 4.15. The Balaban J connectivity index is 1.63. The molecule has 3 aromatic carbocycles. The van der Waals surface area contributed by atoms with E-state index in [4.69, 9.17) is 0 Å². The van der Waals surface area contributed by atoms with Gasteiger partial charge >= 0.3 is 0 Å². The molecular weight excluding hydrogens is 456 g/mol. The fourth-order valence-electron chi connectivity index (χ4n) is 3.49. The van der Waals surface area contributed by atoms with Crippen LogP contribution in [0.15, 0.2) is 76.4 Å². The van der Waals surface area contributed by atoms with Gasteiger partial charge in [0.05, 0.1) is 26.9 Å². The first-order chi connectivity index (χ1) is 13.9. The maximum absolute atomic E-state index is 13.3.